The van der Waals surface area contributed by atoms with E-state index in [0.29, 0.717) is 11.3 Å². The van der Waals surface area contributed by atoms with Crippen LogP contribution in [0.1, 0.15) is 20.8 Å². The van der Waals surface area contributed by atoms with E-state index >= 15 is 0 Å². The first-order valence-corrected chi connectivity index (χ1v) is 3.55. The summed E-state index contributed by atoms with van der Waals surface area (Å²) in [5, 5.41) is 0. The minimum Gasteiger partial charge on any atom is -0.466 e. The number of nitrogens with two attached hydrogens (primary N) is 1. The zero-order valence-corrected chi connectivity index (χ0v) is 7.47. The molecule has 11 heavy (non-hydrogen) atoms. The van der Waals surface area contributed by atoms with Crippen molar-refractivity contribution in [2.24, 2.45) is 11.7 Å². The molecule has 0 aromatic carbocycles. The van der Waals surface area contributed by atoms with Crippen molar-refractivity contribution in [2.45, 2.75) is 20.8 Å². The van der Waals surface area contributed by atoms with E-state index in [2.05, 4.69) is 4.74 Å². The summed E-state index contributed by atoms with van der Waals surface area (Å²) in [6, 6.07) is 0. The van der Waals surface area contributed by atoms with Gasteiger partial charge in [0.15, 0.2) is 0 Å². The van der Waals surface area contributed by atoms with E-state index in [-0.39, 0.29) is 11.9 Å². The molecule has 0 heterocycles. The smallest absolute Gasteiger partial charge is 0.335 e. The number of esters is 1. The summed E-state index contributed by atoms with van der Waals surface area (Å²) < 4.78 is 4.56. The third kappa shape index (κ3) is 2.62. The molecule has 0 unspecified atom stereocenters. The average Bonchev–Trinajstić information content (AvgIpc) is 1.85. The first kappa shape index (κ1) is 10.0. The Morgan fingerprint density at radius 1 is 1.45 bits per heavy atom. The Balaban J connectivity index is 4.64. The molecular formula is C8H15NO2. The molecule has 3 heteroatoms. The minimum absolute atomic E-state index is 0.118. The first-order valence-electron chi connectivity index (χ1n) is 3.55. The van der Waals surface area contributed by atoms with Gasteiger partial charge in [-0.05, 0) is 12.8 Å². The predicted molar refractivity (Wildman–Crippen MR) is 43.7 cm³/mol. The van der Waals surface area contributed by atoms with Crippen molar-refractivity contribution in [3.63, 3.8) is 0 Å². The summed E-state index contributed by atoms with van der Waals surface area (Å²) in [5.41, 5.74) is 6.59. The van der Waals surface area contributed by atoms with E-state index in [0.717, 1.165) is 0 Å². The lowest BCUT2D eigenvalue weighted by molar-refractivity contribution is -0.136. The average molecular weight is 157 g/mol. The van der Waals surface area contributed by atoms with Crippen molar-refractivity contribution in [3.8, 4) is 0 Å². The molecule has 0 atom stereocenters. The van der Waals surface area contributed by atoms with Gasteiger partial charge in [-0.25, -0.2) is 4.79 Å². The van der Waals surface area contributed by atoms with Crippen molar-refractivity contribution in [1.82, 2.24) is 0 Å². The third-order valence-corrected chi connectivity index (χ3v) is 1.41. The van der Waals surface area contributed by atoms with Gasteiger partial charge in [-0.1, -0.05) is 13.8 Å². The Hall–Kier alpha value is -0.990. The van der Waals surface area contributed by atoms with Crippen LogP contribution in [0.5, 0.6) is 0 Å². The highest BCUT2D eigenvalue weighted by Crippen LogP contribution is 2.12. The Labute approximate surface area is 67.2 Å². The number of ether oxygens (including phenoxy) is 1. The molecule has 0 bridgehead atoms. The summed E-state index contributed by atoms with van der Waals surface area (Å²) in [7, 11) is 1.35. The minimum atomic E-state index is -0.333. The number of carbonyl (C=O) groups is 1. The van der Waals surface area contributed by atoms with E-state index in [1.807, 2.05) is 13.8 Å². The maximum absolute atomic E-state index is 11.0. The fourth-order valence-corrected chi connectivity index (χ4v) is 0.962. The fourth-order valence-electron chi connectivity index (χ4n) is 0.962. The second-order valence-electron chi connectivity index (χ2n) is 2.74. The molecule has 2 N–H and O–H groups in total. The van der Waals surface area contributed by atoms with E-state index < -0.39 is 0 Å². The first-order chi connectivity index (χ1) is 5.00. The standard InChI is InChI=1S/C8H15NO2/c1-5(2)7(6(3)9)8(10)11-4/h5H,9H2,1-4H3/b7-6-. The Morgan fingerprint density at radius 2 is 1.91 bits per heavy atom. The van der Waals surface area contributed by atoms with Crippen molar-refractivity contribution in [2.75, 3.05) is 7.11 Å². The Kier molecular flexibility index (Phi) is 3.65. The van der Waals surface area contributed by atoms with Gasteiger partial charge < -0.3 is 10.5 Å². The van der Waals surface area contributed by atoms with Gasteiger partial charge in [0, 0.05) is 5.70 Å². The molecule has 0 saturated carbocycles. The molecular weight excluding hydrogens is 142 g/mol. The molecule has 64 valence electrons. The number of methoxy groups -OCH3 is 1. The number of hydrogen-bond donors (Lipinski definition) is 1. The lowest BCUT2D eigenvalue weighted by Crippen LogP contribution is -2.15. The Morgan fingerprint density at radius 3 is 2.00 bits per heavy atom. The maximum Gasteiger partial charge on any atom is 0.335 e. The van der Waals surface area contributed by atoms with Crippen molar-refractivity contribution < 1.29 is 9.53 Å². The van der Waals surface area contributed by atoms with Gasteiger partial charge in [-0.15, -0.1) is 0 Å². The highest BCUT2D eigenvalue weighted by atomic mass is 16.5. The zero-order chi connectivity index (χ0) is 9.02. The number of allylic oxidation sites excluding steroid dienone is 1. The van der Waals surface area contributed by atoms with Crippen LogP contribution in [0.15, 0.2) is 11.3 Å². The molecule has 3 nitrogen and oxygen atoms in total. The molecule has 0 rings (SSSR count). The second-order valence-corrected chi connectivity index (χ2v) is 2.74. The third-order valence-electron chi connectivity index (χ3n) is 1.41. The van der Waals surface area contributed by atoms with E-state index in [9.17, 15) is 4.79 Å². The van der Waals surface area contributed by atoms with Gasteiger partial charge in [0.2, 0.25) is 0 Å². The lowest BCUT2D eigenvalue weighted by Gasteiger charge is -2.09. The van der Waals surface area contributed by atoms with Crippen molar-refractivity contribution in [1.29, 1.82) is 0 Å². The van der Waals surface area contributed by atoms with Crippen LogP contribution in [0.25, 0.3) is 0 Å². The van der Waals surface area contributed by atoms with Crippen LogP contribution in [0.4, 0.5) is 0 Å². The maximum atomic E-state index is 11.0. The molecule has 0 aromatic rings. The molecule has 0 aliphatic carbocycles. The van der Waals surface area contributed by atoms with Crippen LogP contribution >= 0.6 is 0 Å². The van der Waals surface area contributed by atoms with Gasteiger partial charge in [-0.3, -0.25) is 0 Å². The summed E-state index contributed by atoms with van der Waals surface area (Å²) in [5.74, 6) is -0.215. The highest BCUT2D eigenvalue weighted by molar-refractivity contribution is 5.89. The number of hydrogen-bond acceptors (Lipinski definition) is 3. The number of rotatable bonds is 2. The predicted octanol–water partition coefficient (Wildman–Crippen LogP) is 1.05. The molecule has 0 saturated heterocycles. The van der Waals surface area contributed by atoms with Crippen molar-refractivity contribution >= 4 is 5.97 Å². The molecule has 0 aliphatic rings. The summed E-state index contributed by atoms with van der Waals surface area (Å²) in [6.07, 6.45) is 0. The van der Waals surface area contributed by atoms with Crippen molar-refractivity contribution in [3.05, 3.63) is 11.3 Å². The van der Waals surface area contributed by atoms with Crippen LogP contribution in [-0.2, 0) is 9.53 Å². The Bertz CT molecular complexity index is 179. The quantitative estimate of drug-likeness (QED) is 0.481. The molecule has 0 fully saturated rings. The molecule has 0 aliphatic heterocycles. The fraction of sp³-hybridized carbons (Fsp3) is 0.625. The topological polar surface area (TPSA) is 52.3 Å². The molecule has 0 spiro atoms. The van der Waals surface area contributed by atoms with E-state index in [1.54, 1.807) is 6.92 Å². The van der Waals surface area contributed by atoms with Gasteiger partial charge >= 0.3 is 5.97 Å². The van der Waals surface area contributed by atoms with Gasteiger partial charge in [0.25, 0.3) is 0 Å². The van der Waals surface area contributed by atoms with Gasteiger partial charge in [0.1, 0.15) is 0 Å². The van der Waals surface area contributed by atoms with Crippen LogP contribution in [0.3, 0.4) is 0 Å². The number of carbonyl (C=O) groups excluding carboxylic acids is 1. The largest absolute Gasteiger partial charge is 0.466 e. The molecule has 0 radical (unpaired) electrons. The zero-order valence-electron chi connectivity index (χ0n) is 7.47. The molecule has 0 aromatic heterocycles. The van der Waals surface area contributed by atoms with Crippen LogP contribution in [0, 0.1) is 5.92 Å². The SMILES string of the molecule is COC(=O)/C(=C(/C)N)C(C)C. The second kappa shape index (κ2) is 4.01. The summed E-state index contributed by atoms with van der Waals surface area (Å²) in [4.78, 5) is 11.0. The van der Waals surface area contributed by atoms with Gasteiger partial charge in [-0.2, -0.15) is 0 Å². The monoisotopic (exact) mass is 157 g/mol. The normalized spacial score (nSPS) is 12.8. The van der Waals surface area contributed by atoms with E-state index in [4.69, 9.17) is 5.73 Å². The van der Waals surface area contributed by atoms with Crippen LogP contribution in [0.2, 0.25) is 0 Å². The van der Waals surface area contributed by atoms with Crippen LogP contribution in [-0.4, -0.2) is 13.1 Å². The summed E-state index contributed by atoms with van der Waals surface area (Å²) in [6.45, 7) is 5.51. The van der Waals surface area contributed by atoms with E-state index in [1.165, 1.54) is 7.11 Å². The summed E-state index contributed by atoms with van der Waals surface area (Å²) >= 11 is 0. The molecule has 0 amide bonds. The highest BCUT2D eigenvalue weighted by Gasteiger charge is 2.15. The lowest BCUT2D eigenvalue weighted by atomic mass is 10.0. The van der Waals surface area contributed by atoms with Gasteiger partial charge in [0.05, 0.1) is 12.7 Å². The van der Waals surface area contributed by atoms with Crippen LogP contribution < -0.4 is 5.73 Å².